The molecule has 0 saturated carbocycles. The number of nitrogens with zero attached hydrogens (tertiary/aromatic N) is 3. The van der Waals surface area contributed by atoms with Crippen LogP contribution in [0, 0.1) is 0 Å². The first-order valence-electron chi connectivity index (χ1n) is 4.28. The van der Waals surface area contributed by atoms with Gasteiger partial charge in [-0.25, -0.2) is 10.0 Å². The Balaban J connectivity index is 2.28. The second-order valence-corrected chi connectivity index (χ2v) is 3.22. The normalized spacial score (nSPS) is 22.6. The summed E-state index contributed by atoms with van der Waals surface area (Å²) in [6, 6.07) is 0. The zero-order valence-corrected chi connectivity index (χ0v) is 7.97. The van der Waals surface area contributed by atoms with E-state index in [1.807, 2.05) is 0 Å². The highest BCUT2D eigenvalue weighted by molar-refractivity contribution is 5.94. The predicted octanol–water partition coefficient (Wildman–Crippen LogP) is 0.0347. The van der Waals surface area contributed by atoms with Crippen molar-refractivity contribution in [3.63, 3.8) is 0 Å². The van der Waals surface area contributed by atoms with E-state index in [1.165, 1.54) is 16.1 Å². The Kier molecular flexibility index (Phi) is 1.94. The molecule has 14 heavy (non-hydrogen) atoms. The molecule has 0 saturated heterocycles. The largest absolute Gasteiger partial charge is 0.493 e. The summed E-state index contributed by atoms with van der Waals surface area (Å²) in [5, 5.41) is 21.7. The minimum absolute atomic E-state index is 0.0619. The molecule has 0 radical (unpaired) electrons. The van der Waals surface area contributed by atoms with Gasteiger partial charge in [0.25, 0.3) is 0 Å². The molecule has 0 aromatic rings. The second kappa shape index (κ2) is 3.00. The van der Waals surface area contributed by atoms with Crippen molar-refractivity contribution in [3.8, 4) is 0 Å². The van der Waals surface area contributed by atoms with Gasteiger partial charge in [-0.1, -0.05) is 0 Å². The van der Waals surface area contributed by atoms with Gasteiger partial charge in [-0.05, 0) is 13.8 Å². The van der Waals surface area contributed by atoms with Crippen molar-refractivity contribution in [2.24, 2.45) is 4.99 Å². The van der Waals surface area contributed by atoms with Gasteiger partial charge in [0.05, 0.1) is 6.20 Å². The highest BCUT2D eigenvalue weighted by Crippen LogP contribution is 2.21. The van der Waals surface area contributed by atoms with Crippen LogP contribution >= 0.6 is 0 Å². The third-order valence-corrected chi connectivity index (χ3v) is 1.96. The van der Waals surface area contributed by atoms with Crippen LogP contribution in [0.2, 0.25) is 0 Å². The molecule has 6 nitrogen and oxygen atoms in total. The Morgan fingerprint density at radius 3 is 2.93 bits per heavy atom. The number of nitrogens with one attached hydrogen (secondary N) is 1. The quantitative estimate of drug-likeness (QED) is 0.552. The molecule has 2 aliphatic heterocycles. The van der Waals surface area contributed by atoms with E-state index in [0.717, 1.165) is 5.71 Å². The standard InChI is InChI=1S/C8H12N4O2/c1-5-3-8(14)12-7(9-5)4-11(10-12)6(2)13/h3-4,6,10,13-14H,1-2H3. The van der Waals surface area contributed by atoms with Crippen LogP contribution < -0.4 is 5.53 Å². The lowest BCUT2D eigenvalue weighted by Crippen LogP contribution is -2.44. The molecule has 2 rings (SSSR count). The van der Waals surface area contributed by atoms with E-state index < -0.39 is 6.23 Å². The summed E-state index contributed by atoms with van der Waals surface area (Å²) < 4.78 is 0. The van der Waals surface area contributed by atoms with Gasteiger partial charge >= 0.3 is 0 Å². The van der Waals surface area contributed by atoms with Crippen molar-refractivity contribution in [1.82, 2.24) is 15.6 Å². The van der Waals surface area contributed by atoms with Crippen LogP contribution in [0.4, 0.5) is 0 Å². The van der Waals surface area contributed by atoms with Gasteiger partial charge < -0.3 is 10.2 Å². The Morgan fingerprint density at radius 1 is 1.57 bits per heavy atom. The summed E-state index contributed by atoms with van der Waals surface area (Å²) in [5.74, 6) is 0.621. The SMILES string of the molecule is CC1=NC2=CN(C(C)O)NN2C(O)=C1. The van der Waals surface area contributed by atoms with Crippen molar-refractivity contribution in [2.75, 3.05) is 0 Å². The van der Waals surface area contributed by atoms with Gasteiger partial charge in [0.15, 0.2) is 5.82 Å². The maximum absolute atomic E-state index is 9.54. The summed E-state index contributed by atoms with van der Waals surface area (Å²) >= 11 is 0. The highest BCUT2D eigenvalue weighted by atomic mass is 16.3. The smallest absolute Gasteiger partial charge is 0.210 e. The lowest BCUT2D eigenvalue weighted by molar-refractivity contribution is -0.0181. The first kappa shape index (κ1) is 9.04. The molecule has 0 aromatic carbocycles. The lowest BCUT2D eigenvalue weighted by atomic mass is 10.3. The van der Waals surface area contributed by atoms with Crippen LogP contribution in [-0.4, -0.2) is 32.2 Å². The van der Waals surface area contributed by atoms with E-state index in [4.69, 9.17) is 0 Å². The summed E-state index contributed by atoms with van der Waals surface area (Å²) in [4.78, 5) is 4.18. The first-order valence-corrected chi connectivity index (χ1v) is 4.28. The summed E-state index contributed by atoms with van der Waals surface area (Å²) in [6.45, 7) is 3.40. The van der Waals surface area contributed by atoms with Gasteiger partial charge in [0, 0.05) is 11.8 Å². The zero-order chi connectivity index (χ0) is 10.3. The summed E-state index contributed by atoms with van der Waals surface area (Å²) in [7, 11) is 0. The predicted molar refractivity (Wildman–Crippen MR) is 50.4 cm³/mol. The maximum Gasteiger partial charge on any atom is 0.210 e. The van der Waals surface area contributed by atoms with Gasteiger partial charge in [-0.15, -0.1) is 5.53 Å². The number of hydrogen-bond acceptors (Lipinski definition) is 6. The molecule has 0 amide bonds. The molecule has 76 valence electrons. The highest BCUT2D eigenvalue weighted by Gasteiger charge is 2.27. The minimum atomic E-state index is -0.684. The maximum atomic E-state index is 9.54. The van der Waals surface area contributed by atoms with Gasteiger partial charge in [0.2, 0.25) is 5.88 Å². The van der Waals surface area contributed by atoms with Crippen LogP contribution in [0.3, 0.4) is 0 Å². The van der Waals surface area contributed by atoms with E-state index in [-0.39, 0.29) is 5.88 Å². The van der Waals surface area contributed by atoms with Crippen LogP contribution in [-0.2, 0) is 0 Å². The Bertz CT molecular complexity index is 345. The van der Waals surface area contributed by atoms with E-state index in [1.54, 1.807) is 20.0 Å². The molecular formula is C8H12N4O2. The number of hydrogen-bond donors (Lipinski definition) is 3. The molecule has 0 spiro atoms. The van der Waals surface area contributed by atoms with Crippen LogP contribution in [0.15, 0.2) is 29.0 Å². The summed E-state index contributed by atoms with van der Waals surface area (Å²) in [6.07, 6.45) is 2.48. The molecule has 0 aromatic heterocycles. The van der Waals surface area contributed by atoms with Crippen LogP contribution in [0.1, 0.15) is 13.8 Å². The summed E-state index contributed by atoms with van der Waals surface area (Å²) in [5.41, 5.74) is 3.48. The number of aliphatic imine (C=N–C) groups is 1. The molecule has 2 heterocycles. The van der Waals surface area contributed by atoms with Gasteiger partial charge in [-0.2, -0.15) is 0 Å². The average Bonchev–Trinajstić information content (AvgIpc) is 2.47. The minimum Gasteiger partial charge on any atom is -0.493 e. The van der Waals surface area contributed by atoms with Crippen LogP contribution in [0.25, 0.3) is 0 Å². The van der Waals surface area contributed by atoms with E-state index >= 15 is 0 Å². The fourth-order valence-corrected chi connectivity index (χ4v) is 1.28. The van der Waals surface area contributed by atoms with Crippen molar-refractivity contribution in [2.45, 2.75) is 20.1 Å². The number of rotatable bonds is 1. The fourth-order valence-electron chi connectivity index (χ4n) is 1.28. The van der Waals surface area contributed by atoms with Crippen molar-refractivity contribution in [3.05, 3.63) is 24.0 Å². The molecule has 2 aliphatic rings. The van der Waals surface area contributed by atoms with Crippen molar-refractivity contribution >= 4 is 5.71 Å². The van der Waals surface area contributed by atoms with Gasteiger partial charge in [-0.3, -0.25) is 5.01 Å². The zero-order valence-electron chi connectivity index (χ0n) is 7.97. The monoisotopic (exact) mass is 196 g/mol. The Labute approximate surface area is 81.4 Å². The third kappa shape index (κ3) is 1.34. The van der Waals surface area contributed by atoms with Crippen LogP contribution in [0.5, 0.6) is 0 Å². The number of fused-ring (bicyclic) bond motifs is 1. The molecule has 1 unspecified atom stereocenters. The topological polar surface area (TPSA) is 71.3 Å². The number of allylic oxidation sites excluding steroid dienone is 1. The third-order valence-electron chi connectivity index (χ3n) is 1.96. The number of aliphatic hydroxyl groups excluding tert-OH is 2. The Morgan fingerprint density at radius 2 is 2.29 bits per heavy atom. The van der Waals surface area contributed by atoms with Crippen molar-refractivity contribution < 1.29 is 10.2 Å². The average molecular weight is 196 g/mol. The van der Waals surface area contributed by atoms with Crippen molar-refractivity contribution in [1.29, 1.82) is 0 Å². The number of hydrazine groups is 2. The molecule has 0 aliphatic carbocycles. The number of aliphatic hydroxyl groups is 2. The second-order valence-electron chi connectivity index (χ2n) is 3.22. The van der Waals surface area contributed by atoms with Gasteiger partial charge in [0.1, 0.15) is 6.23 Å². The van der Waals surface area contributed by atoms with E-state index in [9.17, 15) is 10.2 Å². The van der Waals surface area contributed by atoms with E-state index in [2.05, 4.69) is 10.5 Å². The first-order chi connectivity index (χ1) is 6.58. The molecule has 3 N–H and O–H groups in total. The lowest BCUT2D eigenvalue weighted by Gasteiger charge is -2.25. The molecule has 1 atom stereocenters. The van der Waals surface area contributed by atoms with E-state index in [0.29, 0.717) is 5.82 Å². The fraction of sp³-hybridized carbons (Fsp3) is 0.375. The molecule has 0 bridgehead atoms. The molecular weight excluding hydrogens is 184 g/mol. The molecule has 0 fully saturated rings. The Hall–Kier alpha value is -1.53. The molecule has 6 heteroatoms.